The number of aryl methyl sites for hydroxylation is 2. The quantitative estimate of drug-likeness (QED) is 0.140. The van der Waals surface area contributed by atoms with Crippen molar-refractivity contribution < 1.29 is 0 Å². The Balaban J connectivity index is 1.16. The molecule has 2 aliphatic heterocycles. The maximum atomic E-state index is 2.56. The molecule has 0 aromatic heterocycles. The van der Waals surface area contributed by atoms with Crippen molar-refractivity contribution in [3.63, 3.8) is 0 Å². The Morgan fingerprint density at radius 3 is 0.914 bits per heavy atom. The summed E-state index contributed by atoms with van der Waals surface area (Å²) < 4.78 is 0. The molecule has 0 spiro atoms. The molecule has 11 aromatic rings. The average Bonchev–Trinajstić information content (AvgIpc) is 3.44. The van der Waals surface area contributed by atoms with Crippen molar-refractivity contribution in [2.75, 3.05) is 22.9 Å². The van der Waals surface area contributed by atoms with Crippen LogP contribution in [0, 0.1) is 0 Å². The van der Waals surface area contributed by atoms with Gasteiger partial charge in [0.05, 0.1) is 0 Å². The molecule has 2 heterocycles. The SMILES string of the molecule is c1ccc(-c2cc(-c3ccccc3)cc(-c3c4ccc(N5CCCc6ccccc65)cc4c(-c4cc(-c5ccccc5)cc(-c5ccccc5)c4)c4ccc(N5CCCc6ccccc65)cc34)c2)cc1. The first-order chi connectivity index (χ1) is 34.7. The third kappa shape index (κ3) is 7.63. The van der Waals surface area contributed by atoms with Crippen LogP contribution in [0.3, 0.4) is 0 Å². The summed E-state index contributed by atoms with van der Waals surface area (Å²) in [6, 6.07) is 90.8. The van der Waals surface area contributed by atoms with Crippen molar-refractivity contribution >= 4 is 44.3 Å². The molecule has 0 aliphatic carbocycles. The second-order valence-corrected chi connectivity index (χ2v) is 19.0. The second kappa shape index (κ2) is 17.9. The summed E-state index contributed by atoms with van der Waals surface area (Å²) in [7, 11) is 0. The Hall–Kier alpha value is -8.46. The van der Waals surface area contributed by atoms with Gasteiger partial charge in [-0.3, -0.25) is 0 Å². The van der Waals surface area contributed by atoms with Crippen LogP contribution in [0.15, 0.2) is 243 Å². The van der Waals surface area contributed by atoms with Crippen LogP contribution in [-0.4, -0.2) is 13.1 Å². The number of benzene rings is 11. The van der Waals surface area contributed by atoms with Gasteiger partial charge in [0.25, 0.3) is 0 Å². The van der Waals surface area contributed by atoms with E-state index in [0.717, 1.165) is 38.8 Å². The van der Waals surface area contributed by atoms with Crippen molar-refractivity contribution in [1.82, 2.24) is 0 Å². The van der Waals surface area contributed by atoms with Gasteiger partial charge in [0.1, 0.15) is 0 Å². The van der Waals surface area contributed by atoms with E-state index in [-0.39, 0.29) is 0 Å². The van der Waals surface area contributed by atoms with Crippen LogP contribution < -0.4 is 9.80 Å². The lowest BCUT2D eigenvalue weighted by Crippen LogP contribution is -2.24. The minimum absolute atomic E-state index is 0.972. The topological polar surface area (TPSA) is 6.48 Å². The van der Waals surface area contributed by atoms with Crippen molar-refractivity contribution in [2.45, 2.75) is 25.7 Å². The number of hydrogen-bond donors (Lipinski definition) is 0. The van der Waals surface area contributed by atoms with E-state index in [1.165, 1.54) is 122 Å². The molecular formula is C68H52N2. The summed E-state index contributed by atoms with van der Waals surface area (Å²) in [6.07, 6.45) is 4.42. The maximum absolute atomic E-state index is 2.56. The van der Waals surface area contributed by atoms with Gasteiger partial charge >= 0.3 is 0 Å². The maximum Gasteiger partial charge on any atom is 0.0443 e. The van der Waals surface area contributed by atoms with E-state index < -0.39 is 0 Å². The predicted octanol–water partition coefficient (Wildman–Crippen LogP) is 18.2. The van der Waals surface area contributed by atoms with E-state index in [9.17, 15) is 0 Å². The van der Waals surface area contributed by atoms with E-state index >= 15 is 0 Å². The van der Waals surface area contributed by atoms with Crippen LogP contribution >= 0.6 is 0 Å². The third-order valence-corrected chi connectivity index (χ3v) is 14.8. The number of hydrogen-bond acceptors (Lipinski definition) is 2. The third-order valence-electron chi connectivity index (χ3n) is 14.8. The Kier molecular flexibility index (Phi) is 10.7. The number of nitrogens with zero attached hydrogens (tertiary/aromatic N) is 2. The highest BCUT2D eigenvalue weighted by molar-refractivity contribution is 6.23. The van der Waals surface area contributed by atoms with Crippen molar-refractivity contribution in [3.8, 4) is 66.8 Å². The Labute approximate surface area is 411 Å². The molecule has 70 heavy (non-hydrogen) atoms. The molecule has 0 atom stereocenters. The highest BCUT2D eigenvalue weighted by Crippen LogP contribution is 2.50. The van der Waals surface area contributed by atoms with Crippen molar-refractivity contribution in [2.24, 2.45) is 0 Å². The molecule has 2 nitrogen and oxygen atoms in total. The second-order valence-electron chi connectivity index (χ2n) is 19.0. The first kappa shape index (κ1) is 41.7. The van der Waals surface area contributed by atoms with Gasteiger partial charge in [0.15, 0.2) is 0 Å². The van der Waals surface area contributed by atoms with Gasteiger partial charge in [-0.25, -0.2) is 0 Å². The predicted molar refractivity (Wildman–Crippen MR) is 298 cm³/mol. The Morgan fingerprint density at radius 1 is 0.243 bits per heavy atom. The molecule has 0 saturated heterocycles. The fourth-order valence-electron chi connectivity index (χ4n) is 11.5. The monoisotopic (exact) mass is 896 g/mol. The standard InChI is InChI=1S/C68H52N2/c1-5-19-47(20-6-1)53-39-54(48-21-7-2-8-22-48)42-57(41-53)67-61-35-33-60(70-38-18-30-52-28-14-16-32-66(52)70)46-64(61)68(62-36-34-59(45-63(62)67)69-37-17-29-51-27-13-15-31-65(51)69)58-43-55(49-23-9-3-10-24-49)40-56(44-58)50-25-11-4-12-26-50/h1-16,19-28,31-36,39-46H,17-18,29-30,37-38H2. The van der Waals surface area contributed by atoms with Gasteiger partial charge in [0, 0.05) is 35.8 Å². The molecule has 13 rings (SSSR count). The minimum atomic E-state index is 0.972. The molecular weight excluding hydrogens is 845 g/mol. The van der Waals surface area contributed by atoms with E-state index in [0.29, 0.717) is 0 Å². The van der Waals surface area contributed by atoms with Gasteiger partial charge < -0.3 is 9.80 Å². The highest BCUT2D eigenvalue weighted by Gasteiger charge is 2.25. The first-order valence-electron chi connectivity index (χ1n) is 25.0. The first-order valence-corrected chi connectivity index (χ1v) is 25.0. The lowest BCUT2D eigenvalue weighted by Gasteiger charge is -2.32. The zero-order valence-corrected chi connectivity index (χ0v) is 39.2. The van der Waals surface area contributed by atoms with E-state index in [1.54, 1.807) is 0 Å². The van der Waals surface area contributed by atoms with Crippen LogP contribution in [0.4, 0.5) is 22.7 Å². The smallest absolute Gasteiger partial charge is 0.0443 e. The normalized spacial score (nSPS) is 13.3. The minimum Gasteiger partial charge on any atom is -0.341 e. The van der Waals surface area contributed by atoms with Gasteiger partial charge in [-0.15, -0.1) is 0 Å². The fourth-order valence-corrected chi connectivity index (χ4v) is 11.5. The lowest BCUT2D eigenvalue weighted by atomic mass is 9.82. The zero-order valence-electron chi connectivity index (χ0n) is 39.2. The molecule has 11 aromatic carbocycles. The Bertz CT molecular complexity index is 3350. The van der Waals surface area contributed by atoms with Crippen LogP contribution in [0.1, 0.15) is 24.0 Å². The van der Waals surface area contributed by atoms with Gasteiger partial charge in [-0.1, -0.05) is 170 Å². The molecule has 2 aliphatic rings. The number of para-hydroxylation sites is 2. The van der Waals surface area contributed by atoms with Crippen LogP contribution in [0.5, 0.6) is 0 Å². The number of fused-ring (bicyclic) bond motifs is 4. The molecule has 0 bridgehead atoms. The van der Waals surface area contributed by atoms with Crippen LogP contribution in [0.25, 0.3) is 88.3 Å². The molecule has 0 unspecified atom stereocenters. The van der Waals surface area contributed by atoms with Crippen LogP contribution in [0.2, 0.25) is 0 Å². The summed E-state index contributed by atoms with van der Waals surface area (Å²) in [4.78, 5) is 5.12. The van der Waals surface area contributed by atoms with Gasteiger partial charge in [-0.05, 0) is 198 Å². The van der Waals surface area contributed by atoms with Crippen LogP contribution in [-0.2, 0) is 12.8 Å². The Morgan fingerprint density at radius 2 is 0.557 bits per heavy atom. The molecule has 334 valence electrons. The zero-order chi connectivity index (χ0) is 46.4. The summed E-state index contributed by atoms with van der Waals surface area (Å²) in [5.41, 5.74) is 22.4. The van der Waals surface area contributed by atoms with Gasteiger partial charge in [-0.2, -0.15) is 0 Å². The summed E-state index contributed by atoms with van der Waals surface area (Å²) in [6.45, 7) is 1.94. The van der Waals surface area contributed by atoms with Crippen molar-refractivity contribution in [3.05, 3.63) is 254 Å². The summed E-state index contributed by atoms with van der Waals surface area (Å²) >= 11 is 0. The number of anilines is 4. The molecule has 0 amide bonds. The van der Waals surface area contributed by atoms with Gasteiger partial charge in [0.2, 0.25) is 0 Å². The molecule has 0 N–H and O–H groups in total. The average molecular weight is 897 g/mol. The van der Waals surface area contributed by atoms with Crippen molar-refractivity contribution in [1.29, 1.82) is 0 Å². The lowest BCUT2D eigenvalue weighted by molar-refractivity contribution is 0.767. The number of rotatable bonds is 8. The summed E-state index contributed by atoms with van der Waals surface area (Å²) in [5.74, 6) is 0. The summed E-state index contributed by atoms with van der Waals surface area (Å²) in [5, 5.41) is 4.97. The van der Waals surface area contributed by atoms with E-state index in [2.05, 4.69) is 252 Å². The largest absolute Gasteiger partial charge is 0.341 e. The molecule has 0 saturated carbocycles. The molecule has 0 radical (unpaired) electrons. The molecule has 0 fully saturated rings. The van der Waals surface area contributed by atoms with E-state index in [4.69, 9.17) is 0 Å². The van der Waals surface area contributed by atoms with E-state index in [1.807, 2.05) is 0 Å². The molecule has 2 heteroatoms. The highest BCUT2D eigenvalue weighted by atomic mass is 15.1. The fraction of sp³-hybridized carbons (Fsp3) is 0.0882.